The highest BCUT2D eigenvalue weighted by Gasteiger charge is 2.44. The maximum atomic E-state index is 12.6. The molecule has 0 radical (unpaired) electrons. The summed E-state index contributed by atoms with van der Waals surface area (Å²) < 4.78 is 5.61. The van der Waals surface area contributed by atoms with E-state index in [4.69, 9.17) is 4.74 Å². The number of rotatable bonds is 10. The third kappa shape index (κ3) is 4.93. The van der Waals surface area contributed by atoms with Gasteiger partial charge in [-0.3, -0.25) is 9.59 Å². The minimum atomic E-state index is -0.860. The van der Waals surface area contributed by atoms with Crippen LogP contribution in [0.2, 0.25) is 0 Å². The molecular weight excluding hydrogens is 432 g/mol. The number of aliphatic carboxylic acids is 1. The fourth-order valence-corrected chi connectivity index (χ4v) is 5.01. The maximum Gasteiger partial charge on any atom is 0.407 e. The third-order valence-electron chi connectivity index (χ3n) is 7.12. The Balaban J connectivity index is 1.31. The second-order valence-electron chi connectivity index (χ2n) is 9.38. The Morgan fingerprint density at radius 3 is 2.21 bits per heavy atom. The van der Waals surface area contributed by atoms with Crippen LogP contribution in [0.1, 0.15) is 62.5 Å². The molecular formula is C27H32N2O5. The first-order valence-electron chi connectivity index (χ1n) is 12.0. The summed E-state index contributed by atoms with van der Waals surface area (Å²) in [6.45, 7) is 2.33. The first-order valence-corrected chi connectivity index (χ1v) is 12.0. The number of amides is 2. The summed E-state index contributed by atoms with van der Waals surface area (Å²) in [7, 11) is 0. The van der Waals surface area contributed by atoms with Crippen LogP contribution in [0.5, 0.6) is 0 Å². The summed E-state index contributed by atoms with van der Waals surface area (Å²) in [5, 5.41) is 15.0. The van der Waals surface area contributed by atoms with Gasteiger partial charge in [0.2, 0.25) is 5.91 Å². The van der Waals surface area contributed by atoms with Gasteiger partial charge in [-0.2, -0.15) is 0 Å². The van der Waals surface area contributed by atoms with E-state index in [1.807, 2.05) is 31.2 Å². The van der Waals surface area contributed by atoms with Gasteiger partial charge < -0.3 is 20.5 Å². The molecule has 0 bridgehead atoms. The Bertz CT molecular complexity index is 1020. The summed E-state index contributed by atoms with van der Waals surface area (Å²) in [5.41, 5.74) is 3.78. The van der Waals surface area contributed by atoms with Crippen molar-refractivity contribution in [3.05, 3.63) is 59.7 Å². The lowest BCUT2D eigenvalue weighted by atomic mass is 9.69. The predicted molar refractivity (Wildman–Crippen MR) is 128 cm³/mol. The lowest BCUT2D eigenvalue weighted by Gasteiger charge is -2.37. The van der Waals surface area contributed by atoms with Crippen molar-refractivity contribution >= 4 is 18.0 Å². The van der Waals surface area contributed by atoms with E-state index < -0.39 is 17.5 Å². The fraction of sp³-hybridized carbons (Fsp3) is 0.444. The number of fused-ring (bicyclic) bond motifs is 3. The van der Waals surface area contributed by atoms with Crippen LogP contribution in [0.15, 0.2) is 48.5 Å². The van der Waals surface area contributed by atoms with Crippen molar-refractivity contribution < 1.29 is 24.2 Å². The van der Waals surface area contributed by atoms with Gasteiger partial charge in [0.05, 0.1) is 5.41 Å². The molecule has 0 saturated heterocycles. The third-order valence-corrected chi connectivity index (χ3v) is 7.12. The van der Waals surface area contributed by atoms with Crippen molar-refractivity contribution in [3.8, 4) is 11.1 Å². The summed E-state index contributed by atoms with van der Waals surface area (Å²) in [6, 6.07) is 15.9. The Hall–Kier alpha value is -3.35. The average Bonchev–Trinajstić information content (AvgIpc) is 3.10. The molecule has 7 heteroatoms. The average molecular weight is 465 g/mol. The van der Waals surface area contributed by atoms with Crippen molar-refractivity contribution in [1.29, 1.82) is 0 Å². The minimum absolute atomic E-state index is 0.0271. The number of nitrogens with one attached hydrogen (secondary N) is 2. The molecule has 1 unspecified atom stereocenters. The van der Waals surface area contributed by atoms with Crippen LogP contribution < -0.4 is 10.6 Å². The summed E-state index contributed by atoms with van der Waals surface area (Å²) >= 11 is 0. The van der Waals surface area contributed by atoms with Crippen molar-refractivity contribution in [3.63, 3.8) is 0 Å². The highest BCUT2D eigenvalue weighted by atomic mass is 16.5. The zero-order valence-electron chi connectivity index (χ0n) is 19.5. The first kappa shape index (κ1) is 23.8. The van der Waals surface area contributed by atoms with Gasteiger partial charge in [0, 0.05) is 24.9 Å². The van der Waals surface area contributed by atoms with Crippen molar-refractivity contribution in [2.75, 3.05) is 13.2 Å². The van der Waals surface area contributed by atoms with Gasteiger partial charge >= 0.3 is 12.1 Å². The number of carbonyl (C=O) groups excluding carboxylic acids is 2. The Labute approximate surface area is 199 Å². The monoisotopic (exact) mass is 464 g/mol. The number of hydrogen-bond acceptors (Lipinski definition) is 4. The van der Waals surface area contributed by atoms with Crippen LogP contribution in [0.4, 0.5) is 4.79 Å². The number of carbonyl (C=O) groups is 3. The molecule has 4 rings (SSSR count). The molecule has 0 spiro atoms. The molecule has 2 aromatic rings. The topological polar surface area (TPSA) is 105 Å². The van der Waals surface area contributed by atoms with Gasteiger partial charge in [-0.25, -0.2) is 4.79 Å². The van der Waals surface area contributed by atoms with Crippen LogP contribution in [-0.4, -0.2) is 42.3 Å². The highest BCUT2D eigenvalue weighted by Crippen LogP contribution is 2.44. The molecule has 0 aromatic heterocycles. The molecule has 3 N–H and O–H groups in total. The molecule has 180 valence electrons. The van der Waals surface area contributed by atoms with Gasteiger partial charge in [0.25, 0.3) is 0 Å². The quantitative estimate of drug-likeness (QED) is 0.482. The largest absolute Gasteiger partial charge is 0.481 e. The van der Waals surface area contributed by atoms with Crippen LogP contribution >= 0.6 is 0 Å². The Morgan fingerprint density at radius 2 is 1.68 bits per heavy atom. The summed E-state index contributed by atoms with van der Waals surface area (Å²) in [4.78, 5) is 36.6. The van der Waals surface area contributed by atoms with Gasteiger partial charge in [0.1, 0.15) is 6.61 Å². The zero-order chi connectivity index (χ0) is 24.1. The molecule has 0 heterocycles. The molecule has 2 amide bonds. The molecule has 34 heavy (non-hydrogen) atoms. The van der Waals surface area contributed by atoms with E-state index in [0.29, 0.717) is 19.3 Å². The molecule has 0 aliphatic heterocycles. The molecule has 1 saturated carbocycles. The smallest absolute Gasteiger partial charge is 0.407 e. The van der Waals surface area contributed by atoms with E-state index in [1.54, 1.807) is 0 Å². The molecule has 1 atom stereocenters. The molecule has 7 nitrogen and oxygen atoms in total. The number of carboxylic acids is 1. The van der Waals surface area contributed by atoms with Crippen molar-refractivity contribution in [1.82, 2.24) is 10.6 Å². The van der Waals surface area contributed by atoms with E-state index in [2.05, 4.69) is 34.9 Å². The van der Waals surface area contributed by atoms with Gasteiger partial charge in [-0.15, -0.1) is 0 Å². The summed E-state index contributed by atoms with van der Waals surface area (Å²) in [6.07, 6.45) is 2.99. The molecule has 2 aromatic carbocycles. The van der Waals surface area contributed by atoms with E-state index in [1.165, 1.54) is 11.1 Å². The normalized spacial score (nSPS) is 16.5. The first-order chi connectivity index (χ1) is 16.4. The number of benzene rings is 2. The van der Waals surface area contributed by atoms with E-state index in [0.717, 1.165) is 24.0 Å². The number of carboxylic acid groups (broad SMARTS) is 1. The SMILES string of the molecule is CCCC(CC(=O)NCC1(C(=O)O)CCC1)NC(=O)OCC1c2ccccc2-c2ccccc21. The van der Waals surface area contributed by atoms with E-state index >= 15 is 0 Å². The van der Waals surface area contributed by atoms with E-state index in [9.17, 15) is 19.5 Å². The summed E-state index contributed by atoms with van der Waals surface area (Å²) in [5.74, 6) is -1.15. The molecule has 1 fully saturated rings. The minimum Gasteiger partial charge on any atom is -0.481 e. The fourth-order valence-electron chi connectivity index (χ4n) is 5.01. The van der Waals surface area contributed by atoms with Gasteiger partial charge in [-0.1, -0.05) is 68.3 Å². The molecule has 2 aliphatic rings. The Morgan fingerprint density at radius 1 is 1.06 bits per heavy atom. The number of hydrogen-bond donors (Lipinski definition) is 3. The van der Waals surface area contributed by atoms with Crippen molar-refractivity contribution in [2.45, 2.75) is 57.4 Å². The zero-order valence-corrected chi connectivity index (χ0v) is 19.5. The number of alkyl carbamates (subject to hydrolysis) is 1. The maximum absolute atomic E-state index is 12.6. The van der Waals surface area contributed by atoms with Gasteiger partial charge in [0.15, 0.2) is 0 Å². The standard InChI is InChI=1S/C27H32N2O5/c1-2-8-18(15-24(30)28-17-27(25(31)32)13-7-14-27)29-26(33)34-16-23-21-11-5-3-9-19(21)20-10-4-6-12-22(20)23/h3-6,9-12,18,23H,2,7-8,13-17H2,1H3,(H,28,30)(H,29,33)(H,31,32). The van der Waals surface area contributed by atoms with Crippen LogP contribution in [0.3, 0.4) is 0 Å². The van der Waals surface area contributed by atoms with E-state index in [-0.39, 0.29) is 37.4 Å². The van der Waals surface area contributed by atoms with Gasteiger partial charge in [-0.05, 0) is 41.5 Å². The van der Waals surface area contributed by atoms with Crippen LogP contribution in [0, 0.1) is 5.41 Å². The Kier molecular flexibility index (Phi) is 7.20. The van der Waals surface area contributed by atoms with Crippen LogP contribution in [-0.2, 0) is 14.3 Å². The number of ether oxygens (including phenoxy) is 1. The second-order valence-corrected chi connectivity index (χ2v) is 9.38. The second kappa shape index (κ2) is 10.3. The highest BCUT2D eigenvalue weighted by molar-refractivity contribution is 5.81. The lowest BCUT2D eigenvalue weighted by Crippen LogP contribution is -2.48. The van der Waals surface area contributed by atoms with Crippen molar-refractivity contribution in [2.24, 2.45) is 5.41 Å². The van der Waals surface area contributed by atoms with Crippen LogP contribution in [0.25, 0.3) is 11.1 Å². The molecule has 2 aliphatic carbocycles. The predicted octanol–water partition coefficient (Wildman–Crippen LogP) is 4.46. The lowest BCUT2D eigenvalue weighted by molar-refractivity contribution is -0.154.